The molecule has 5 nitrogen and oxygen atoms in total. The van der Waals surface area contributed by atoms with Crippen molar-refractivity contribution in [3.8, 4) is 0 Å². The van der Waals surface area contributed by atoms with Gasteiger partial charge in [-0.1, -0.05) is 11.6 Å². The largest absolute Gasteiger partial charge is 0.369 e. The molecule has 1 aliphatic heterocycles. The molecule has 3 rings (SSSR count). The lowest BCUT2D eigenvalue weighted by Crippen LogP contribution is -2.37. The van der Waals surface area contributed by atoms with Gasteiger partial charge in [0.25, 0.3) is 5.56 Å². The summed E-state index contributed by atoms with van der Waals surface area (Å²) in [6.07, 6.45) is 3.19. The minimum absolute atomic E-state index is 0.000653. The number of hydrogen-bond acceptors (Lipinski definition) is 4. The molecule has 24 heavy (non-hydrogen) atoms. The number of carbonyl (C=O) groups excluding carboxylic acids is 1. The summed E-state index contributed by atoms with van der Waals surface area (Å²) in [4.78, 5) is 26.7. The van der Waals surface area contributed by atoms with Gasteiger partial charge in [-0.3, -0.25) is 9.59 Å². The van der Waals surface area contributed by atoms with Gasteiger partial charge in [-0.15, -0.1) is 0 Å². The van der Waals surface area contributed by atoms with Crippen LogP contribution in [0.4, 0.5) is 5.69 Å². The first-order valence-electron chi connectivity index (χ1n) is 7.74. The summed E-state index contributed by atoms with van der Waals surface area (Å²) in [6, 6.07) is 7.04. The molecule has 0 spiro atoms. The molecule has 0 N–H and O–H groups in total. The predicted octanol–water partition coefficient (Wildman–Crippen LogP) is 3.30. The molecule has 1 aromatic carbocycles. The van der Waals surface area contributed by atoms with E-state index in [9.17, 15) is 9.59 Å². The van der Waals surface area contributed by atoms with Crippen molar-refractivity contribution in [1.29, 1.82) is 0 Å². The second-order valence-corrected chi connectivity index (χ2v) is 7.13. The van der Waals surface area contributed by atoms with Crippen LogP contribution in [-0.2, 0) is 7.05 Å². The zero-order chi connectivity index (χ0) is 17.3. The third-order valence-corrected chi connectivity index (χ3v) is 5.39. The van der Waals surface area contributed by atoms with Gasteiger partial charge in [0.05, 0.1) is 11.9 Å². The lowest BCUT2D eigenvalue weighted by atomic mass is 9.89. The summed E-state index contributed by atoms with van der Waals surface area (Å²) in [5.41, 5.74) is 1.33. The first-order chi connectivity index (χ1) is 11.5. The molecular weight excluding hydrogens is 394 g/mol. The number of nitrogens with zero attached hydrogens (tertiary/aromatic N) is 3. The van der Waals surface area contributed by atoms with E-state index in [1.165, 1.54) is 4.68 Å². The van der Waals surface area contributed by atoms with Crippen LogP contribution in [0.15, 0.2) is 39.7 Å². The number of ketones is 1. The molecule has 0 bridgehead atoms. The van der Waals surface area contributed by atoms with E-state index in [0.717, 1.165) is 31.6 Å². The van der Waals surface area contributed by atoms with Crippen molar-refractivity contribution in [2.75, 3.05) is 18.0 Å². The van der Waals surface area contributed by atoms with Gasteiger partial charge in [0.2, 0.25) is 0 Å². The van der Waals surface area contributed by atoms with E-state index in [0.29, 0.717) is 15.1 Å². The molecule has 0 atom stereocenters. The number of aryl methyl sites for hydroxylation is 1. The van der Waals surface area contributed by atoms with E-state index in [1.807, 2.05) is 0 Å². The van der Waals surface area contributed by atoms with Gasteiger partial charge in [-0.25, -0.2) is 4.68 Å². The van der Waals surface area contributed by atoms with Gasteiger partial charge in [-0.2, -0.15) is 5.10 Å². The monoisotopic (exact) mass is 409 g/mol. The summed E-state index contributed by atoms with van der Waals surface area (Å²) in [5.74, 6) is 0.160. The summed E-state index contributed by atoms with van der Waals surface area (Å²) < 4.78 is 1.81. The maximum absolute atomic E-state index is 12.6. The minimum atomic E-state index is -0.160. The smallest absolute Gasteiger partial charge is 0.282 e. The summed E-state index contributed by atoms with van der Waals surface area (Å²) >= 11 is 9.23. The highest BCUT2D eigenvalue weighted by Crippen LogP contribution is 2.28. The maximum atomic E-state index is 12.6. The van der Waals surface area contributed by atoms with Crippen LogP contribution < -0.4 is 10.5 Å². The average molecular weight is 411 g/mol. The Labute approximate surface area is 153 Å². The Balaban J connectivity index is 1.70. The average Bonchev–Trinajstić information content (AvgIpc) is 2.60. The molecule has 1 saturated heterocycles. The zero-order valence-corrected chi connectivity index (χ0v) is 15.5. The minimum Gasteiger partial charge on any atom is -0.369 e. The molecule has 7 heteroatoms. The summed E-state index contributed by atoms with van der Waals surface area (Å²) in [7, 11) is 1.62. The van der Waals surface area contributed by atoms with E-state index in [-0.39, 0.29) is 17.3 Å². The van der Waals surface area contributed by atoms with Crippen LogP contribution in [0.3, 0.4) is 0 Å². The van der Waals surface area contributed by atoms with E-state index in [4.69, 9.17) is 11.6 Å². The second-order valence-electron chi connectivity index (χ2n) is 5.91. The fraction of sp³-hybridized carbons (Fsp3) is 0.353. The quantitative estimate of drug-likeness (QED) is 0.729. The van der Waals surface area contributed by atoms with Crippen molar-refractivity contribution in [1.82, 2.24) is 9.78 Å². The second kappa shape index (κ2) is 7.07. The van der Waals surface area contributed by atoms with Crippen molar-refractivity contribution in [3.05, 3.63) is 55.9 Å². The van der Waals surface area contributed by atoms with Crippen LogP contribution in [-0.4, -0.2) is 28.7 Å². The third kappa shape index (κ3) is 3.39. The standard InChI is InChI=1S/C17H17BrClN3O2/c1-21-17(24)15(18)14(10-20-21)22-8-6-12(7-9-22)16(23)11-2-4-13(19)5-3-11/h2-5,10,12H,6-9H2,1H3. The maximum Gasteiger partial charge on any atom is 0.282 e. The van der Waals surface area contributed by atoms with Crippen molar-refractivity contribution in [2.24, 2.45) is 13.0 Å². The molecule has 0 aliphatic carbocycles. The number of piperidine rings is 1. The number of halogens is 2. The molecular formula is C17H17BrClN3O2. The van der Waals surface area contributed by atoms with Crippen molar-refractivity contribution in [2.45, 2.75) is 12.8 Å². The van der Waals surface area contributed by atoms with Crippen molar-refractivity contribution in [3.63, 3.8) is 0 Å². The Morgan fingerprint density at radius 2 is 1.88 bits per heavy atom. The fourth-order valence-corrected chi connectivity index (χ4v) is 3.69. The number of benzene rings is 1. The first kappa shape index (κ1) is 17.2. The first-order valence-corrected chi connectivity index (χ1v) is 8.91. The summed E-state index contributed by atoms with van der Waals surface area (Å²) in [5, 5.41) is 4.71. The van der Waals surface area contributed by atoms with E-state index >= 15 is 0 Å². The van der Waals surface area contributed by atoms with Crippen LogP contribution in [0.1, 0.15) is 23.2 Å². The molecule has 1 aliphatic rings. The molecule has 1 aromatic heterocycles. The fourth-order valence-electron chi connectivity index (χ4n) is 2.95. The number of anilines is 1. The Kier molecular flexibility index (Phi) is 5.06. The van der Waals surface area contributed by atoms with E-state index in [1.54, 1.807) is 37.5 Å². The Hall–Kier alpha value is -1.66. The zero-order valence-electron chi connectivity index (χ0n) is 13.2. The number of aromatic nitrogens is 2. The third-order valence-electron chi connectivity index (χ3n) is 4.39. The van der Waals surface area contributed by atoms with Crippen molar-refractivity contribution < 1.29 is 4.79 Å². The van der Waals surface area contributed by atoms with Gasteiger partial charge >= 0.3 is 0 Å². The van der Waals surface area contributed by atoms with Gasteiger partial charge in [0.15, 0.2) is 5.78 Å². The number of hydrogen-bond donors (Lipinski definition) is 0. The van der Waals surface area contributed by atoms with Crippen LogP contribution in [0.5, 0.6) is 0 Å². The lowest BCUT2D eigenvalue weighted by molar-refractivity contribution is 0.0900. The van der Waals surface area contributed by atoms with Crippen LogP contribution >= 0.6 is 27.5 Å². The molecule has 0 unspecified atom stereocenters. The Bertz CT molecular complexity index is 812. The number of carbonyl (C=O) groups is 1. The highest BCUT2D eigenvalue weighted by Gasteiger charge is 2.27. The number of rotatable bonds is 3. The highest BCUT2D eigenvalue weighted by atomic mass is 79.9. The highest BCUT2D eigenvalue weighted by molar-refractivity contribution is 9.10. The van der Waals surface area contributed by atoms with Gasteiger partial charge in [0.1, 0.15) is 4.47 Å². The van der Waals surface area contributed by atoms with Crippen LogP contribution in [0.2, 0.25) is 5.02 Å². The molecule has 0 radical (unpaired) electrons. The van der Waals surface area contributed by atoms with Gasteiger partial charge in [-0.05, 0) is 53.0 Å². The van der Waals surface area contributed by atoms with Gasteiger partial charge < -0.3 is 4.90 Å². The molecule has 0 saturated carbocycles. The van der Waals surface area contributed by atoms with E-state index < -0.39 is 0 Å². The van der Waals surface area contributed by atoms with Gasteiger partial charge in [0, 0.05) is 36.6 Å². The topological polar surface area (TPSA) is 55.2 Å². The Morgan fingerprint density at radius 3 is 2.50 bits per heavy atom. The lowest BCUT2D eigenvalue weighted by Gasteiger charge is -2.33. The SMILES string of the molecule is Cn1ncc(N2CCC(C(=O)c3ccc(Cl)cc3)CC2)c(Br)c1=O. The Morgan fingerprint density at radius 1 is 1.25 bits per heavy atom. The number of Topliss-reactive ketones (excluding diaryl/α,β-unsaturated/α-hetero) is 1. The summed E-state index contributed by atoms with van der Waals surface area (Å²) in [6.45, 7) is 1.44. The molecule has 2 aromatic rings. The molecule has 126 valence electrons. The molecule has 0 amide bonds. The van der Waals surface area contributed by atoms with Crippen LogP contribution in [0.25, 0.3) is 0 Å². The predicted molar refractivity (Wildman–Crippen MR) is 97.9 cm³/mol. The molecule has 2 heterocycles. The normalized spacial score (nSPS) is 15.5. The van der Waals surface area contributed by atoms with Crippen molar-refractivity contribution >= 4 is 39.0 Å². The van der Waals surface area contributed by atoms with E-state index in [2.05, 4.69) is 25.9 Å². The molecule has 1 fully saturated rings. The van der Waals surface area contributed by atoms with Crippen LogP contribution in [0, 0.1) is 5.92 Å².